The van der Waals surface area contributed by atoms with Crippen molar-refractivity contribution in [1.82, 2.24) is 14.8 Å². The lowest BCUT2D eigenvalue weighted by molar-refractivity contribution is -0.112. The number of ketones is 1. The summed E-state index contributed by atoms with van der Waals surface area (Å²) in [4.78, 5) is 24.7. The maximum atomic E-state index is 12.5. The van der Waals surface area contributed by atoms with Crippen LogP contribution in [0.25, 0.3) is 5.69 Å². The third-order valence-corrected chi connectivity index (χ3v) is 4.82. The van der Waals surface area contributed by atoms with Gasteiger partial charge in [0.1, 0.15) is 5.51 Å². The molecule has 0 bridgehead atoms. The Morgan fingerprint density at radius 3 is 2.48 bits per heavy atom. The third kappa shape index (κ3) is 3.23. The summed E-state index contributed by atoms with van der Waals surface area (Å²) in [6.07, 6.45) is 0. The van der Waals surface area contributed by atoms with Crippen LogP contribution in [0.2, 0.25) is 0 Å². The average molecular weight is 354 g/mol. The molecule has 0 atom stereocenters. The number of aryl methyl sites for hydroxylation is 3. The minimum atomic E-state index is -0.711. The van der Waals surface area contributed by atoms with E-state index in [1.54, 1.807) is 6.07 Å². The van der Waals surface area contributed by atoms with Crippen LogP contribution in [0.1, 0.15) is 32.9 Å². The van der Waals surface area contributed by atoms with E-state index in [4.69, 9.17) is 0 Å². The average Bonchev–Trinajstić information content (AvgIpc) is 3.17. The van der Waals surface area contributed by atoms with E-state index in [9.17, 15) is 9.59 Å². The SMILES string of the molecule is Cc1ccc(-n2c(C)cc(C(=O)C(=O)Nc3nncs3)c2C)cc1C. The highest BCUT2D eigenvalue weighted by Gasteiger charge is 2.23. The van der Waals surface area contributed by atoms with Gasteiger partial charge in [-0.05, 0) is 57.0 Å². The fourth-order valence-electron chi connectivity index (χ4n) is 2.76. The first kappa shape index (κ1) is 17.0. The molecular weight excluding hydrogens is 336 g/mol. The second-order valence-corrected chi connectivity index (χ2v) is 6.75. The number of anilines is 1. The van der Waals surface area contributed by atoms with E-state index in [-0.39, 0.29) is 0 Å². The van der Waals surface area contributed by atoms with Crippen molar-refractivity contribution in [3.63, 3.8) is 0 Å². The van der Waals surface area contributed by atoms with Gasteiger partial charge in [0.25, 0.3) is 11.7 Å². The zero-order chi connectivity index (χ0) is 18.1. The van der Waals surface area contributed by atoms with Gasteiger partial charge in [-0.25, -0.2) is 0 Å². The molecule has 0 aliphatic heterocycles. The van der Waals surface area contributed by atoms with Crippen LogP contribution < -0.4 is 5.32 Å². The van der Waals surface area contributed by atoms with Crippen molar-refractivity contribution >= 4 is 28.2 Å². The molecule has 3 aromatic rings. The number of amides is 1. The van der Waals surface area contributed by atoms with Crippen molar-refractivity contribution in [3.8, 4) is 5.69 Å². The lowest BCUT2D eigenvalue weighted by Crippen LogP contribution is -2.23. The Kier molecular flexibility index (Phi) is 4.50. The lowest BCUT2D eigenvalue weighted by atomic mass is 10.1. The highest BCUT2D eigenvalue weighted by molar-refractivity contribution is 7.13. The molecule has 0 saturated heterocycles. The number of benzene rings is 1. The van der Waals surface area contributed by atoms with Crippen LogP contribution >= 0.6 is 11.3 Å². The van der Waals surface area contributed by atoms with Crippen molar-refractivity contribution in [2.75, 3.05) is 5.32 Å². The molecule has 3 rings (SSSR count). The Morgan fingerprint density at radius 2 is 1.84 bits per heavy atom. The molecule has 2 heterocycles. The van der Waals surface area contributed by atoms with Crippen LogP contribution in [-0.2, 0) is 4.79 Å². The molecule has 0 unspecified atom stereocenters. The molecule has 25 heavy (non-hydrogen) atoms. The first-order chi connectivity index (χ1) is 11.9. The molecule has 0 fully saturated rings. The maximum Gasteiger partial charge on any atom is 0.298 e. The van der Waals surface area contributed by atoms with Crippen LogP contribution in [0.3, 0.4) is 0 Å². The zero-order valence-corrected chi connectivity index (χ0v) is 15.3. The summed E-state index contributed by atoms with van der Waals surface area (Å²) in [5, 5.41) is 10.1. The molecule has 0 aliphatic rings. The number of nitrogens with zero attached hydrogens (tertiary/aromatic N) is 3. The highest BCUT2D eigenvalue weighted by atomic mass is 32.1. The topological polar surface area (TPSA) is 76.9 Å². The molecule has 1 aromatic carbocycles. The fraction of sp³-hybridized carbons (Fsp3) is 0.222. The Labute approximate surface area is 149 Å². The maximum absolute atomic E-state index is 12.5. The molecule has 1 N–H and O–H groups in total. The smallest absolute Gasteiger partial charge is 0.298 e. The van der Waals surface area contributed by atoms with E-state index >= 15 is 0 Å². The van der Waals surface area contributed by atoms with Gasteiger partial charge >= 0.3 is 0 Å². The number of hydrogen-bond donors (Lipinski definition) is 1. The Hall–Kier alpha value is -2.80. The number of Topliss-reactive ketones (excluding diaryl/α,β-unsaturated/α-hetero) is 1. The van der Waals surface area contributed by atoms with Crippen molar-refractivity contribution in [2.24, 2.45) is 0 Å². The summed E-state index contributed by atoms with van der Waals surface area (Å²) in [5.74, 6) is -1.30. The molecule has 0 radical (unpaired) electrons. The second-order valence-electron chi connectivity index (χ2n) is 5.92. The molecule has 128 valence electrons. The van der Waals surface area contributed by atoms with Crippen LogP contribution in [0.5, 0.6) is 0 Å². The van der Waals surface area contributed by atoms with Crippen molar-refractivity contribution in [2.45, 2.75) is 27.7 Å². The van der Waals surface area contributed by atoms with E-state index in [0.29, 0.717) is 10.7 Å². The number of rotatable bonds is 4. The molecule has 0 saturated carbocycles. The molecule has 7 heteroatoms. The van der Waals surface area contributed by atoms with Gasteiger partial charge in [0.05, 0.1) is 0 Å². The quantitative estimate of drug-likeness (QED) is 0.575. The van der Waals surface area contributed by atoms with Gasteiger partial charge in [0.15, 0.2) is 0 Å². The Morgan fingerprint density at radius 1 is 1.08 bits per heavy atom. The first-order valence-corrected chi connectivity index (χ1v) is 8.65. The minimum Gasteiger partial charge on any atom is -0.318 e. The number of nitrogens with one attached hydrogen (secondary N) is 1. The molecular formula is C18H18N4O2S. The summed E-state index contributed by atoms with van der Waals surface area (Å²) in [5.41, 5.74) is 6.86. The van der Waals surface area contributed by atoms with Crippen molar-refractivity contribution in [1.29, 1.82) is 0 Å². The van der Waals surface area contributed by atoms with Gasteiger partial charge in [-0.3, -0.25) is 14.9 Å². The molecule has 0 aliphatic carbocycles. The van der Waals surface area contributed by atoms with Gasteiger partial charge in [0, 0.05) is 22.6 Å². The Bertz CT molecular complexity index is 958. The minimum absolute atomic E-state index is 0.307. The number of carbonyl (C=O) groups excluding carboxylic acids is 2. The van der Waals surface area contributed by atoms with Gasteiger partial charge in [-0.15, -0.1) is 10.2 Å². The van der Waals surface area contributed by atoms with Crippen LogP contribution in [-0.4, -0.2) is 26.5 Å². The summed E-state index contributed by atoms with van der Waals surface area (Å²) in [6, 6.07) is 7.88. The molecule has 6 nitrogen and oxygen atoms in total. The second kappa shape index (κ2) is 6.60. The van der Waals surface area contributed by atoms with E-state index in [1.807, 2.05) is 30.5 Å². The van der Waals surface area contributed by atoms with Crippen molar-refractivity contribution < 1.29 is 9.59 Å². The molecule has 0 spiro atoms. The van der Waals surface area contributed by atoms with Gasteiger partial charge in [0.2, 0.25) is 5.13 Å². The summed E-state index contributed by atoms with van der Waals surface area (Å²) in [6.45, 7) is 7.87. The predicted molar refractivity (Wildman–Crippen MR) is 97.6 cm³/mol. The first-order valence-electron chi connectivity index (χ1n) is 7.77. The largest absolute Gasteiger partial charge is 0.318 e. The van der Waals surface area contributed by atoms with Gasteiger partial charge in [-0.1, -0.05) is 17.4 Å². The standard InChI is InChI=1S/C18H18N4O2S/c1-10-5-6-14(7-11(10)2)22-12(3)8-15(13(22)4)16(23)17(24)20-18-21-19-9-25-18/h5-9H,1-4H3,(H,20,21,24). The molecule has 2 aromatic heterocycles. The molecule has 1 amide bonds. The third-order valence-electron chi connectivity index (χ3n) is 4.21. The number of carbonyl (C=O) groups is 2. The highest BCUT2D eigenvalue weighted by Crippen LogP contribution is 2.23. The van der Waals surface area contributed by atoms with E-state index in [2.05, 4.69) is 35.4 Å². The van der Waals surface area contributed by atoms with E-state index in [1.165, 1.54) is 16.6 Å². The summed E-state index contributed by atoms with van der Waals surface area (Å²) in [7, 11) is 0. The summed E-state index contributed by atoms with van der Waals surface area (Å²) < 4.78 is 1.98. The van der Waals surface area contributed by atoms with Crippen LogP contribution in [0.4, 0.5) is 5.13 Å². The van der Waals surface area contributed by atoms with E-state index < -0.39 is 11.7 Å². The monoisotopic (exact) mass is 354 g/mol. The Balaban J connectivity index is 1.94. The number of aromatic nitrogens is 3. The fourth-order valence-corrected chi connectivity index (χ4v) is 3.20. The van der Waals surface area contributed by atoms with E-state index in [0.717, 1.165) is 28.4 Å². The van der Waals surface area contributed by atoms with Crippen molar-refractivity contribution in [3.05, 3.63) is 57.9 Å². The predicted octanol–water partition coefficient (Wildman–Crippen LogP) is 3.38. The normalized spacial score (nSPS) is 10.7. The zero-order valence-electron chi connectivity index (χ0n) is 14.5. The van der Waals surface area contributed by atoms with Crippen LogP contribution in [0, 0.1) is 27.7 Å². The van der Waals surface area contributed by atoms with Crippen LogP contribution in [0.15, 0.2) is 29.8 Å². The number of hydrogen-bond acceptors (Lipinski definition) is 5. The van der Waals surface area contributed by atoms with Gasteiger partial charge in [-0.2, -0.15) is 0 Å². The summed E-state index contributed by atoms with van der Waals surface area (Å²) >= 11 is 1.16. The lowest BCUT2D eigenvalue weighted by Gasteiger charge is -2.12. The van der Waals surface area contributed by atoms with Gasteiger partial charge < -0.3 is 4.57 Å².